The van der Waals surface area contributed by atoms with Gasteiger partial charge < -0.3 is 5.11 Å². The summed E-state index contributed by atoms with van der Waals surface area (Å²) in [6.45, 7) is 2.27. The van der Waals surface area contributed by atoms with Crippen molar-refractivity contribution in [3.63, 3.8) is 0 Å². The number of aliphatic carboxylic acids is 1. The molecule has 2 rings (SSSR count). The summed E-state index contributed by atoms with van der Waals surface area (Å²) in [4.78, 5) is 15.1. The Bertz CT molecular complexity index is 598. The average Bonchev–Trinajstić information content (AvgIpc) is 2.47. The van der Waals surface area contributed by atoms with E-state index in [2.05, 4.69) is 9.71 Å². The van der Waals surface area contributed by atoms with Crippen LogP contribution in [0.4, 0.5) is 0 Å². The van der Waals surface area contributed by atoms with Gasteiger partial charge in [-0.1, -0.05) is 6.07 Å². The monoisotopic (exact) mass is 327 g/mol. The molecule has 1 fully saturated rings. The van der Waals surface area contributed by atoms with Crippen molar-refractivity contribution >= 4 is 16.2 Å². The van der Waals surface area contributed by atoms with E-state index in [0.29, 0.717) is 19.3 Å². The molecule has 1 atom stereocenters. The van der Waals surface area contributed by atoms with Gasteiger partial charge in [0.25, 0.3) is 10.2 Å². The van der Waals surface area contributed by atoms with Crippen LogP contribution in [0.1, 0.15) is 25.5 Å². The van der Waals surface area contributed by atoms with Gasteiger partial charge >= 0.3 is 5.97 Å². The lowest BCUT2D eigenvalue weighted by Crippen LogP contribution is -2.48. The van der Waals surface area contributed by atoms with Gasteiger partial charge in [-0.15, -0.1) is 0 Å². The van der Waals surface area contributed by atoms with Gasteiger partial charge in [0.2, 0.25) is 0 Å². The number of piperidine rings is 1. The topological polar surface area (TPSA) is 99.6 Å². The lowest BCUT2D eigenvalue weighted by molar-refractivity contribution is -0.142. The van der Waals surface area contributed by atoms with Crippen LogP contribution in [0.25, 0.3) is 0 Å². The highest BCUT2D eigenvalue weighted by Gasteiger charge is 2.31. The standard InChI is InChI=1S/C14H21N3O4S/c1-11(10-13-4-2-3-7-15-13)16-22(20,21)17-8-5-12(6-9-17)14(18)19/h2-4,7,11-12,16H,5-6,8-10H2,1H3,(H,18,19). The second-order valence-electron chi connectivity index (χ2n) is 5.56. The van der Waals surface area contributed by atoms with E-state index in [4.69, 9.17) is 5.11 Å². The highest BCUT2D eigenvalue weighted by atomic mass is 32.2. The third kappa shape index (κ3) is 4.49. The fraction of sp³-hybridized carbons (Fsp3) is 0.571. The van der Waals surface area contributed by atoms with E-state index >= 15 is 0 Å². The van der Waals surface area contributed by atoms with Crippen LogP contribution in [-0.2, 0) is 21.4 Å². The van der Waals surface area contributed by atoms with Gasteiger partial charge in [-0.3, -0.25) is 9.78 Å². The first-order valence-corrected chi connectivity index (χ1v) is 8.72. The fourth-order valence-electron chi connectivity index (χ4n) is 2.55. The SMILES string of the molecule is CC(Cc1ccccn1)NS(=O)(=O)N1CCC(C(=O)O)CC1. The van der Waals surface area contributed by atoms with Crippen molar-refractivity contribution in [2.24, 2.45) is 5.92 Å². The van der Waals surface area contributed by atoms with Crippen molar-refractivity contribution in [1.82, 2.24) is 14.0 Å². The number of carbonyl (C=O) groups is 1. The van der Waals surface area contributed by atoms with Crippen LogP contribution >= 0.6 is 0 Å². The Morgan fingerprint density at radius 1 is 1.45 bits per heavy atom. The maximum Gasteiger partial charge on any atom is 0.306 e. The molecule has 1 aliphatic rings. The molecule has 8 heteroatoms. The zero-order valence-corrected chi connectivity index (χ0v) is 13.3. The summed E-state index contributed by atoms with van der Waals surface area (Å²) in [5.74, 6) is -1.30. The van der Waals surface area contributed by atoms with E-state index in [9.17, 15) is 13.2 Å². The van der Waals surface area contributed by atoms with E-state index in [1.165, 1.54) is 4.31 Å². The van der Waals surface area contributed by atoms with Crippen LogP contribution in [0.15, 0.2) is 24.4 Å². The molecule has 1 saturated heterocycles. The number of hydrogen-bond donors (Lipinski definition) is 2. The Kier molecular flexibility index (Phi) is 5.49. The van der Waals surface area contributed by atoms with Crippen LogP contribution in [0, 0.1) is 5.92 Å². The summed E-state index contributed by atoms with van der Waals surface area (Å²) < 4.78 is 28.6. The molecule has 2 heterocycles. The predicted molar refractivity (Wildman–Crippen MR) is 81.4 cm³/mol. The summed E-state index contributed by atoms with van der Waals surface area (Å²) in [6, 6.07) is 5.24. The first kappa shape index (κ1) is 16.9. The number of carboxylic acids is 1. The van der Waals surface area contributed by atoms with Gasteiger partial charge in [0.15, 0.2) is 0 Å². The van der Waals surface area contributed by atoms with Crippen molar-refractivity contribution in [2.45, 2.75) is 32.2 Å². The molecule has 0 saturated carbocycles. The zero-order valence-electron chi connectivity index (χ0n) is 12.5. The molecule has 1 aromatic rings. The molecule has 0 bridgehead atoms. The maximum absolute atomic E-state index is 12.3. The summed E-state index contributed by atoms with van der Waals surface area (Å²) in [5.41, 5.74) is 0.822. The van der Waals surface area contributed by atoms with E-state index in [1.807, 2.05) is 18.2 Å². The Balaban J connectivity index is 1.90. The minimum atomic E-state index is -3.59. The highest BCUT2D eigenvalue weighted by molar-refractivity contribution is 7.87. The molecule has 7 nitrogen and oxygen atoms in total. The van der Waals surface area contributed by atoms with Gasteiger partial charge in [-0.25, -0.2) is 0 Å². The van der Waals surface area contributed by atoms with Crippen molar-refractivity contribution in [2.75, 3.05) is 13.1 Å². The summed E-state index contributed by atoms with van der Waals surface area (Å²) in [6.07, 6.45) is 2.88. The van der Waals surface area contributed by atoms with Gasteiger partial charge in [0.1, 0.15) is 0 Å². The van der Waals surface area contributed by atoms with E-state index < -0.39 is 22.1 Å². The smallest absolute Gasteiger partial charge is 0.306 e. The summed E-state index contributed by atoms with van der Waals surface area (Å²) >= 11 is 0. The van der Waals surface area contributed by atoms with Crippen molar-refractivity contribution in [1.29, 1.82) is 0 Å². The molecule has 0 aliphatic carbocycles. The van der Waals surface area contributed by atoms with Crippen LogP contribution in [-0.4, -0.2) is 47.9 Å². The molecule has 1 aliphatic heterocycles. The van der Waals surface area contributed by atoms with Crippen LogP contribution < -0.4 is 4.72 Å². The Hall–Kier alpha value is -1.51. The van der Waals surface area contributed by atoms with Gasteiger partial charge in [0, 0.05) is 37.4 Å². The second-order valence-corrected chi connectivity index (χ2v) is 7.26. The molecule has 2 N–H and O–H groups in total. The first-order chi connectivity index (χ1) is 10.4. The third-order valence-electron chi connectivity index (χ3n) is 3.73. The minimum Gasteiger partial charge on any atom is -0.481 e. The van der Waals surface area contributed by atoms with Crippen LogP contribution in [0.3, 0.4) is 0 Å². The maximum atomic E-state index is 12.3. The quantitative estimate of drug-likeness (QED) is 0.799. The first-order valence-electron chi connectivity index (χ1n) is 7.28. The molecular weight excluding hydrogens is 306 g/mol. The number of carboxylic acid groups (broad SMARTS) is 1. The normalized spacial score (nSPS) is 19.0. The average molecular weight is 327 g/mol. The zero-order chi connectivity index (χ0) is 16.2. The third-order valence-corrected chi connectivity index (χ3v) is 5.48. The number of nitrogens with zero attached hydrogens (tertiary/aromatic N) is 2. The number of nitrogens with one attached hydrogen (secondary N) is 1. The molecule has 0 spiro atoms. The van der Waals surface area contributed by atoms with Crippen LogP contribution in [0.5, 0.6) is 0 Å². The largest absolute Gasteiger partial charge is 0.481 e. The Labute approximate surface area is 130 Å². The van der Waals surface area contributed by atoms with Crippen molar-refractivity contribution < 1.29 is 18.3 Å². The van der Waals surface area contributed by atoms with Gasteiger partial charge in [-0.05, 0) is 31.9 Å². The number of aromatic nitrogens is 1. The predicted octanol–water partition coefficient (Wildman–Crippen LogP) is 0.644. The van der Waals surface area contributed by atoms with E-state index in [0.717, 1.165) is 5.69 Å². The van der Waals surface area contributed by atoms with Gasteiger partial charge in [-0.2, -0.15) is 17.4 Å². The van der Waals surface area contributed by atoms with Crippen LogP contribution in [0.2, 0.25) is 0 Å². The van der Waals surface area contributed by atoms with Crippen molar-refractivity contribution in [3.05, 3.63) is 30.1 Å². The number of hydrogen-bond acceptors (Lipinski definition) is 4. The van der Waals surface area contributed by atoms with Gasteiger partial charge in [0.05, 0.1) is 5.92 Å². The molecule has 0 amide bonds. The Morgan fingerprint density at radius 2 is 2.14 bits per heavy atom. The number of rotatable bonds is 6. The lowest BCUT2D eigenvalue weighted by Gasteiger charge is -2.30. The van der Waals surface area contributed by atoms with E-state index in [-0.39, 0.29) is 19.1 Å². The minimum absolute atomic E-state index is 0.239. The second kappa shape index (κ2) is 7.17. The molecule has 0 radical (unpaired) electrons. The molecule has 1 unspecified atom stereocenters. The highest BCUT2D eigenvalue weighted by Crippen LogP contribution is 2.19. The van der Waals surface area contributed by atoms with Crippen molar-refractivity contribution in [3.8, 4) is 0 Å². The number of pyridine rings is 1. The summed E-state index contributed by atoms with van der Waals surface area (Å²) in [7, 11) is -3.59. The molecule has 122 valence electrons. The Morgan fingerprint density at radius 3 is 2.68 bits per heavy atom. The fourth-order valence-corrected chi connectivity index (χ4v) is 3.98. The molecule has 1 aromatic heterocycles. The molecule has 0 aromatic carbocycles. The summed E-state index contributed by atoms with van der Waals surface area (Å²) in [5, 5.41) is 8.95. The lowest BCUT2D eigenvalue weighted by atomic mass is 9.99. The molecule has 22 heavy (non-hydrogen) atoms. The van der Waals surface area contributed by atoms with E-state index in [1.54, 1.807) is 13.1 Å². The molecular formula is C14H21N3O4S.